The van der Waals surface area contributed by atoms with Crippen molar-refractivity contribution in [3.63, 3.8) is 0 Å². The summed E-state index contributed by atoms with van der Waals surface area (Å²) in [6, 6.07) is 4.21. The van der Waals surface area contributed by atoms with Crippen LogP contribution in [-0.2, 0) is 22.1 Å². The van der Waals surface area contributed by atoms with Gasteiger partial charge in [0, 0.05) is 26.3 Å². The molecule has 3 heteroatoms. The van der Waals surface area contributed by atoms with Gasteiger partial charge < -0.3 is 14.0 Å². The lowest BCUT2D eigenvalue weighted by atomic mass is 9.96. The number of aryl methyl sites for hydroxylation is 1. The van der Waals surface area contributed by atoms with Gasteiger partial charge in [-0.3, -0.25) is 0 Å². The monoisotopic (exact) mass is 179 g/mol. The molecule has 2 atom stereocenters. The third-order valence-corrected chi connectivity index (χ3v) is 3.08. The third-order valence-electron chi connectivity index (χ3n) is 3.08. The van der Waals surface area contributed by atoms with Crippen molar-refractivity contribution in [2.24, 2.45) is 7.05 Å². The molecule has 70 valence electrons. The molecule has 3 rings (SSSR count). The van der Waals surface area contributed by atoms with Crippen LogP contribution in [-0.4, -0.2) is 23.9 Å². The molecule has 2 aliphatic rings. The molecule has 1 aromatic rings. The zero-order chi connectivity index (χ0) is 8.89. The summed E-state index contributed by atoms with van der Waals surface area (Å²) < 4.78 is 13.2. The van der Waals surface area contributed by atoms with Crippen molar-refractivity contribution in [3.05, 3.63) is 24.0 Å². The van der Waals surface area contributed by atoms with E-state index in [0.29, 0.717) is 6.10 Å². The second-order valence-electron chi connectivity index (χ2n) is 3.83. The van der Waals surface area contributed by atoms with Gasteiger partial charge in [0.2, 0.25) is 0 Å². The van der Waals surface area contributed by atoms with E-state index in [1.807, 2.05) is 0 Å². The van der Waals surface area contributed by atoms with Gasteiger partial charge in [0.15, 0.2) is 0 Å². The Bertz CT molecular complexity index is 333. The van der Waals surface area contributed by atoms with E-state index in [1.54, 1.807) is 0 Å². The Morgan fingerprint density at radius 3 is 3.23 bits per heavy atom. The van der Waals surface area contributed by atoms with E-state index in [-0.39, 0.29) is 5.60 Å². The van der Waals surface area contributed by atoms with Crippen LogP contribution in [0.25, 0.3) is 0 Å². The van der Waals surface area contributed by atoms with Gasteiger partial charge in [0.25, 0.3) is 0 Å². The lowest BCUT2D eigenvalue weighted by Crippen LogP contribution is -2.26. The topological polar surface area (TPSA) is 26.7 Å². The van der Waals surface area contributed by atoms with E-state index in [2.05, 4.69) is 29.9 Å². The van der Waals surface area contributed by atoms with Crippen LogP contribution in [0.1, 0.15) is 12.1 Å². The van der Waals surface area contributed by atoms with Crippen LogP contribution in [0, 0.1) is 0 Å². The Hall–Kier alpha value is -0.800. The van der Waals surface area contributed by atoms with Gasteiger partial charge in [0.1, 0.15) is 11.7 Å². The number of aromatic nitrogens is 1. The minimum atomic E-state index is -0.00347. The predicted octanol–water partition coefficient (Wildman–Crippen LogP) is 1.04. The number of rotatable bonds is 1. The van der Waals surface area contributed by atoms with Crippen LogP contribution < -0.4 is 0 Å². The van der Waals surface area contributed by atoms with Crippen molar-refractivity contribution in [3.8, 4) is 0 Å². The maximum Gasteiger partial charge on any atom is 0.139 e. The second kappa shape index (κ2) is 2.36. The highest BCUT2D eigenvalue weighted by atomic mass is 16.6. The Morgan fingerprint density at radius 2 is 2.54 bits per heavy atom. The lowest BCUT2D eigenvalue weighted by Gasteiger charge is -2.18. The fraction of sp³-hybridized carbons (Fsp3) is 0.600. The molecule has 1 aromatic heterocycles. The average molecular weight is 179 g/mol. The van der Waals surface area contributed by atoms with Gasteiger partial charge in [-0.2, -0.15) is 0 Å². The highest BCUT2D eigenvalue weighted by molar-refractivity contribution is 5.25. The molecule has 13 heavy (non-hydrogen) atoms. The fourth-order valence-electron chi connectivity index (χ4n) is 2.28. The molecular formula is C10H13NO2. The molecule has 3 heterocycles. The summed E-state index contributed by atoms with van der Waals surface area (Å²) in [5, 5.41) is 0. The fourth-order valence-corrected chi connectivity index (χ4v) is 2.28. The zero-order valence-corrected chi connectivity index (χ0v) is 7.69. The molecule has 0 unspecified atom stereocenters. The van der Waals surface area contributed by atoms with Gasteiger partial charge in [-0.05, 0) is 12.1 Å². The molecule has 0 radical (unpaired) electrons. The average Bonchev–Trinajstić information content (AvgIpc) is 2.74. The number of nitrogens with zero attached hydrogens (tertiary/aromatic N) is 1. The van der Waals surface area contributed by atoms with Crippen LogP contribution in [0.15, 0.2) is 18.3 Å². The number of fused-ring (bicyclic) bond motifs is 1. The first-order valence-corrected chi connectivity index (χ1v) is 4.70. The first kappa shape index (κ1) is 7.59. The SMILES string of the molecule is Cn1cccc1[C@@]12CCOC[C@H]1O2. The smallest absolute Gasteiger partial charge is 0.139 e. The molecule has 0 bridgehead atoms. The Labute approximate surface area is 77.3 Å². The number of ether oxygens (including phenoxy) is 2. The maximum atomic E-state index is 5.74. The molecule has 0 spiro atoms. The van der Waals surface area contributed by atoms with Crippen molar-refractivity contribution >= 4 is 0 Å². The van der Waals surface area contributed by atoms with Gasteiger partial charge >= 0.3 is 0 Å². The van der Waals surface area contributed by atoms with Crippen LogP contribution in [0.2, 0.25) is 0 Å². The molecular weight excluding hydrogens is 166 g/mol. The lowest BCUT2D eigenvalue weighted by molar-refractivity contribution is 0.0962. The molecule has 0 saturated carbocycles. The molecule has 0 aliphatic carbocycles. The molecule has 2 saturated heterocycles. The van der Waals surface area contributed by atoms with Crippen molar-refractivity contribution < 1.29 is 9.47 Å². The first-order chi connectivity index (χ1) is 6.33. The van der Waals surface area contributed by atoms with Crippen LogP contribution >= 0.6 is 0 Å². The highest BCUT2D eigenvalue weighted by Crippen LogP contribution is 2.51. The summed E-state index contributed by atoms with van der Waals surface area (Å²) in [6.45, 7) is 1.58. The summed E-state index contributed by atoms with van der Waals surface area (Å²) in [5.74, 6) is 0. The number of hydrogen-bond acceptors (Lipinski definition) is 2. The van der Waals surface area contributed by atoms with E-state index in [4.69, 9.17) is 9.47 Å². The number of epoxide rings is 1. The van der Waals surface area contributed by atoms with E-state index in [1.165, 1.54) is 5.69 Å². The summed E-state index contributed by atoms with van der Waals surface area (Å²) in [5.41, 5.74) is 1.29. The standard InChI is InChI=1S/C10H13NO2/c1-11-5-2-3-8(11)10-4-6-12-7-9(10)13-10/h2-3,5,9H,4,6-7H2,1H3/t9-,10+/m1/s1. The van der Waals surface area contributed by atoms with Crippen molar-refractivity contribution in [2.75, 3.05) is 13.2 Å². The molecule has 3 nitrogen and oxygen atoms in total. The van der Waals surface area contributed by atoms with E-state index in [9.17, 15) is 0 Å². The Kier molecular flexibility index (Phi) is 1.38. The van der Waals surface area contributed by atoms with E-state index in [0.717, 1.165) is 19.6 Å². The summed E-state index contributed by atoms with van der Waals surface area (Å²) in [7, 11) is 2.07. The normalized spacial score (nSPS) is 37.2. The third kappa shape index (κ3) is 0.914. The van der Waals surface area contributed by atoms with Crippen molar-refractivity contribution in [1.29, 1.82) is 0 Å². The Balaban J connectivity index is 1.97. The molecule has 0 amide bonds. The largest absolute Gasteiger partial charge is 0.378 e. The molecule has 0 N–H and O–H groups in total. The van der Waals surface area contributed by atoms with Crippen LogP contribution in [0.4, 0.5) is 0 Å². The van der Waals surface area contributed by atoms with Crippen LogP contribution in [0.5, 0.6) is 0 Å². The zero-order valence-electron chi connectivity index (χ0n) is 7.69. The van der Waals surface area contributed by atoms with Crippen LogP contribution in [0.3, 0.4) is 0 Å². The van der Waals surface area contributed by atoms with Gasteiger partial charge in [-0.1, -0.05) is 0 Å². The predicted molar refractivity (Wildman–Crippen MR) is 47.4 cm³/mol. The highest BCUT2D eigenvalue weighted by Gasteiger charge is 2.60. The second-order valence-corrected chi connectivity index (χ2v) is 3.83. The summed E-state index contributed by atoms with van der Waals surface area (Å²) in [4.78, 5) is 0. The van der Waals surface area contributed by atoms with Gasteiger partial charge in [0.05, 0.1) is 12.3 Å². The maximum absolute atomic E-state index is 5.74. The van der Waals surface area contributed by atoms with E-state index < -0.39 is 0 Å². The first-order valence-electron chi connectivity index (χ1n) is 4.70. The molecule has 2 aliphatic heterocycles. The van der Waals surface area contributed by atoms with Crippen molar-refractivity contribution in [2.45, 2.75) is 18.1 Å². The Morgan fingerprint density at radius 1 is 1.62 bits per heavy atom. The minimum absolute atomic E-state index is 0.00347. The van der Waals surface area contributed by atoms with Gasteiger partial charge in [-0.15, -0.1) is 0 Å². The molecule has 2 fully saturated rings. The van der Waals surface area contributed by atoms with Crippen molar-refractivity contribution in [1.82, 2.24) is 4.57 Å². The minimum Gasteiger partial charge on any atom is -0.378 e. The number of hydrogen-bond donors (Lipinski definition) is 0. The summed E-state index contributed by atoms with van der Waals surface area (Å²) in [6.07, 6.45) is 3.36. The van der Waals surface area contributed by atoms with E-state index >= 15 is 0 Å². The molecule has 0 aromatic carbocycles. The van der Waals surface area contributed by atoms with Gasteiger partial charge in [-0.25, -0.2) is 0 Å². The quantitative estimate of drug-likeness (QED) is 0.602. The summed E-state index contributed by atoms with van der Waals surface area (Å²) >= 11 is 0.